The molecule has 0 saturated heterocycles. The fourth-order valence-electron chi connectivity index (χ4n) is 8.36. The molecule has 0 spiro atoms. The van der Waals surface area contributed by atoms with Crippen LogP contribution in [-0.2, 0) is 8.88 Å². The second-order valence-electron chi connectivity index (χ2n) is 13.3. The molecule has 0 aliphatic carbocycles. The van der Waals surface area contributed by atoms with Gasteiger partial charge in [-0.05, 0) is 0 Å². The van der Waals surface area contributed by atoms with Crippen LogP contribution in [0.1, 0.15) is 0 Å². The first-order chi connectivity index (χ1) is 26.6. The van der Waals surface area contributed by atoms with Crippen molar-refractivity contribution in [2.24, 2.45) is 0 Å². The first-order valence-electron chi connectivity index (χ1n) is 18.2. The zero-order chi connectivity index (χ0) is 36.8. The third-order valence-corrected chi connectivity index (χ3v) is 22.1. The molecule has 0 saturated carbocycles. The van der Waals surface area contributed by atoms with Gasteiger partial charge in [0.05, 0.1) is 0 Å². The van der Waals surface area contributed by atoms with Crippen LogP contribution in [0.2, 0.25) is 0 Å². The van der Waals surface area contributed by atoms with E-state index in [0.29, 0.717) is 0 Å². The first-order valence-corrected chi connectivity index (χ1v) is 22.5. The summed E-state index contributed by atoms with van der Waals surface area (Å²) >= 11 is 0. The topological polar surface area (TPSA) is 38.7 Å². The van der Waals surface area contributed by atoms with Crippen molar-refractivity contribution >= 4 is 63.4 Å². The molecule has 0 atom stereocenters. The summed E-state index contributed by atoms with van der Waals surface area (Å²) in [5, 5.41) is 20.9. The van der Waals surface area contributed by atoms with Gasteiger partial charge in [0.15, 0.2) is 0 Å². The maximum atomic E-state index is 13.4. The van der Waals surface area contributed by atoms with E-state index in [1.807, 2.05) is 146 Å². The summed E-state index contributed by atoms with van der Waals surface area (Å²) in [6.07, 6.45) is 0. The minimum atomic E-state index is -4.35. The molecular formula is C48H41BO3P2. The summed E-state index contributed by atoms with van der Waals surface area (Å²) in [4.78, 5) is 0. The zero-order valence-electron chi connectivity index (χ0n) is 29.8. The van der Waals surface area contributed by atoms with Crippen LogP contribution in [-0.4, -0.2) is 12.3 Å². The zero-order valence-corrected chi connectivity index (χ0v) is 31.6. The van der Waals surface area contributed by atoms with Crippen molar-refractivity contribution in [3.05, 3.63) is 243 Å². The number of hydrogen-bond donors (Lipinski definition) is 1. The Bertz CT molecular complexity index is 1890. The van der Waals surface area contributed by atoms with E-state index < -0.39 is 21.0 Å². The van der Waals surface area contributed by atoms with Crippen molar-refractivity contribution in [2.75, 3.05) is 0 Å². The van der Waals surface area contributed by atoms with Gasteiger partial charge >= 0.3 is 320 Å². The van der Waals surface area contributed by atoms with E-state index in [-0.39, 0.29) is 0 Å². The number of benzene rings is 8. The van der Waals surface area contributed by atoms with Gasteiger partial charge in [-0.2, -0.15) is 0 Å². The Kier molecular flexibility index (Phi) is 9.73. The monoisotopic (exact) mass is 738 g/mol. The van der Waals surface area contributed by atoms with Gasteiger partial charge in [-0.3, -0.25) is 0 Å². The third-order valence-electron chi connectivity index (χ3n) is 10.6. The summed E-state index contributed by atoms with van der Waals surface area (Å²) in [7, 11) is -1.76. The fourth-order valence-corrected chi connectivity index (χ4v) is 19.7. The molecule has 264 valence electrons. The molecule has 0 fully saturated rings. The van der Waals surface area contributed by atoms with Crippen molar-refractivity contribution in [3.8, 4) is 0 Å². The Balaban J connectivity index is 1.52. The Hall–Kier alpha value is -5.44. The van der Waals surface area contributed by atoms with Crippen LogP contribution in [0.4, 0.5) is 0 Å². The third kappa shape index (κ3) is 5.34. The summed E-state index contributed by atoms with van der Waals surface area (Å²) < 4.78 is 15.7. The van der Waals surface area contributed by atoms with Crippen molar-refractivity contribution in [3.63, 3.8) is 0 Å². The molecule has 3 nitrogen and oxygen atoms in total. The van der Waals surface area contributed by atoms with Gasteiger partial charge in [0.25, 0.3) is 0 Å². The minimum absolute atomic E-state index is 0.939. The summed E-state index contributed by atoms with van der Waals surface area (Å²) in [5.41, 5.74) is 0. The summed E-state index contributed by atoms with van der Waals surface area (Å²) in [6.45, 7) is -8.70. The molecule has 8 aromatic carbocycles. The second kappa shape index (κ2) is 14.8. The number of hydrogen-bond acceptors (Lipinski definition) is 3. The predicted molar refractivity (Wildman–Crippen MR) is 233 cm³/mol. The van der Waals surface area contributed by atoms with Gasteiger partial charge in [0, 0.05) is 0 Å². The average Bonchev–Trinajstić information content (AvgIpc) is 3.27. The Morgan fingerprint density at radius 2 is 0.370 bits per heavy atom. The summed E-state index contributed by atoms with van der Waals surface area (Å²) in [5.74, 6) is 0. The van der Waals surface area contributed by atoms with Crippen molar-refractivity contribution in [1.29, 1.82) is 0 Å². The molecule has 0 bridgehead atoms. The van der Waals surface area contributed by atoms with Gasteiger partial charge in [0.1, 0.15) is 0 Å². The summed E-state index contributed by atoms with van der Waals surface area (Å²) in [6, 6.07) is 82.9. The molecule has 0 aliphatic rings. The molecule has 0 amide bonds. The quantitative estimate of drug-likeness (QED) is 0.104. The van der Waals surface area contributed by atoms with Crippen molar-refractivity contribution in [1.82, 2.24) is 0 Å². The van der Waals surface area contributed by atoms with Crippen LogP contribution >= 0.6 is 13.7 Å². The van der Waals surface area contributed by atoms with Crippen LogP contribution in [0.3, 0.4) is 0 Å². The van der Waals surface area contributed by atoms with Crippen molar-refractivity contribution in [2.45, 2.75) is 0 Å². The molecular weight excluding hydrogens is 697 g/mol. The van der Waals surface area contributed by atoms with Gasteiger partial charge in [0.2, 0.25) is 0 Å². The fraction of sp³-hybridized carbons (Fsp3) is 0. The Morgan fingerprint density at radius 1 is 0.241 bits per heavy atom. The first kappa shape index (κ1) is 35.6. The van der Waals surface area contributed by atoms with Crippen LogP contribution in [0.25, 0.3) is 0 Å². The molecule has 8 rings (SSSR count). The van der Waals surface area contributed by atoms with Crippen LogP contribution in [0.15, 0.2) is 243 Å². The van der Waals surface area contributed by atoms with E-state index in [1.54, 1.807) is 0 Å². The molecule has 0 heterocycles. The predicted octanol–water partition coefficient (Wildman–Crippen LogP) is 7.54. The molecule has 0 aromatic heterocycles. The molecule has 8 aromatic rings. The SMILES string of the molecule is OB(OP(c1ccccc1)(c1ccccc1)(c1ccccc1)c1ccccc1)OP(c1ccccc1)(c1ccccc1)(c1ccccc1)c1ccccc1. The van der Waals surface area contributed by atoms with E-state index >= 15 is 0 Å². The Morgan fingerprint density at radius 3 is 0.500 bits per heavy atom. The van der Waals surface area contributed by atoms with Crippen LogP contribution < -0.4 is 42.4 Å². The van der Waals surface area contributed by atoms with E-state index in [0.717, 1.165) is 42.4 Å². The molecule has 6 heteroatoms. The molecule has 1 N–H and O–H groups in total. The van der Waals surface area contributed by atoms with Crippen LogP contribution in [0.5, 0.6) is 0 Å². The van der Waals surface area contributed by atoms with Gasteiger partial charge in [-0.1, -0.05) is 0 Å². The van der Waals surface area contributed by atoms with Gasteiger partial charge in [-0.25, -0.2) is 0 Å². The van der Waals surface area contributed by atoms with E-state index in [9.17, 15) is 5.02 Å². The second-order valence-corrected chi connectivity index (χ2v) is 22.0. The molecule has 0 radical (unpaired) electrons. The molecule has 54 heavy (non-hydrogen) atoms. The standard InChI is InChI=1S/C48H41BO3P2/c50-49(51-53(41-25-9-1-10-26-41,42-27-11-2-12-28-42,43-29-13-3-14-30-43)44-31-15-4-16-32-44)52-54(45-33-17-5-18-34-45,46-35-19-6-20-36-46,47-37-21-7-22-38-47)48-39-23-8-24-40-48/h1-40,50H. The molecule has 0 aliphatic heterocycles. The number of rotatable bonds is 12. The van der Waals surface area contributed by atoms with Crippen molar-refractivity contribution < 1.29 is 13.9 Å². The van der Waals surface area contributed by atoms with Crippen LogP contribution in [0, 0.1) is 0 Å². The van der Waals surface area contributed by atoms with Gasteiger partial charge < -0.3 is 0 Å². The Labute approximate surface area is 318 Å². The van der Waals surface area contributed by atoms with Gasteiger partial charge in [-0.15, -0.1) is 0 Å². The van der Waals surface area contributed by atoms with E-state index in [2.05, 4.69) is 97.1 Å². The maximum absolute atomic E-state index is 13.4. The van der Waals surface area contributed by atoms with E-state index in [1.165, 1.54) is 0 Å². The average molecular weight is 739 g/mol. The normalized spacial score (nSPS) is 13.1. The van der Waals surface area contributed by atoms with E-state index in [4.69, 9.17) is 8.88 Å². The molecule has 0 unspecified atom stereocenters.